The highest BCUT2D eigenvalue weighted by Gasteiger charge is 2.27. The molecule has 70 valence electrons. The van der Waals surface area contributed by atoms with Crippen molar-refractivity contribution in [3.63, 3.8) is 0 Å². The zero-order valence-electron chi connectivity index (χ0n) is 7.20. The third-order valence-corrected chi connectivity index (χ3v) is 2.81. The van der Waals surface area contributed by atoms with Gasteiger partial charge in [-0.15, -0.1) is 0 Å². The van der Waals surface area contributed by atoms with Crippen LogP contribution >= 0.6 is 11.6 Å². The second-order valence-corrected chi connectivity index (χ2v) is 3.72. The number of benzene rings is 1. The molecular formula is C10H12ClNO. The summed E-state index contributed by atoms with van der Waals surface area (Å²) in [5.41, 5.74) is 0.821. The minimum absolute atomic E-state index is 0.180. The molecule has 13 heavy (non-hydrogen) atoms. The quantitative estimate of drug-likeness (QED) is 0.757. The molecule has 1 fully saturated rings. The van der Waals surface area contributed by atoms with E-state index in [9.17, 15) is 5.11 Å². The van der Waals surface area contributed by atoms with Crippen LogP contribution in [-0.4, -0.2) is 17.7 Å². The Morgan fingerprint density at radius 3 is 2.69 bits per heavy atom. The molecule has 0 radical (unpaired) electrons. The zero-order chi connectivity index (χ0) is 9.26. The fourth-order valence-electron chi connectivity index (χ4n) is 1.51. The van der Waals surface area contributed by atoms with E-state index in [0.29, 0.717) is 5.02 Å². The molecule has 2 atom stereocenters. The van der Waals surface area contributed by atoms with E-state index < -0.39 is 6.10 Å². The van der Waals surface area contributed by atoms with E-state index in [2.05, 4.69) is 5.32 Å². The molecule has 1 heterocycles. The summed E-state index contributed by atoms with van der Waals surface area (Å²) in [6, 6.07) is 7.61. The predicted molar refractivity (Wildman–Crippen MR) is 52.8 cm³/mol. The summed E-state index contributed by atoms with van der Waals surface area (Å²) in [7, 11) is 0. The van der Waals surface area contributed by atoms with Crippen LogP contribution in [-0.2, 0) is 0 Å². The van der Waals surface area contributed by atoms with Crippen LogP contribution in [0.5, 0.6) is 0 Å². The van der Waals surface area contributed by atoms with Crippen molar-refractivity contribution in [2.45, 2.75) is 18.6 Å². The summed E-state index contributed by atoms with van der Waals surface area (Å²) >= 11 is 5.96. The summed E-state index contributed by atoms with van der Waals surface area (Å²) < 4.78 is 0. The number of aliphatic hydroxyl groups is 1. The molecule has 3 heteroatoms. The Bertz CT molecular complexity index is 299. The van der Waals surface area contributed by atoms with Crippen LogP contribution in [0.4, 0.5) is 0 Å². The fourth-order valence-corrected chi connectivity index (χ4v) is 1.76. The third kappa shape index (κ3) is 1.70. The molecule has 1 aliphatic rings. The first kappa shape index (κ1) is 9.00. The molecule has 0 saturated carbocycles. The van der Waals surface area contributed by atoms with E-state index in [1.807, 2.05) is 18.2 Å². The van der Waals surface area contributed by atoms with Crippen molar-refractivity contribution >= 4 is 11.6 Å². The highest BCUT2D eigenvalue weighted by atomic mass is 35.5. The molecule has 0 amide bonds. The number of halogens is 1. The Morgan fingerprint density at radius 2 is 2.15 bits per heavy atom. The topological polar surface area (TPSA) is 32.3 Å². The third-order valence-electron chi connectivity index (χ3n) is 2.47. The molecule has 1 aromatic rings. The molecule has 2 N–H and O–H groups in total. The number of hydrogen-bond acceptors (Lipinski definition) is 2. The second-order valence-electron chi connectivity index (χ2n) is 3.32. The van der Waals surface area contributed by atoms with Gasteiger partial charge in [0.2, 0.25) is 0 Å². The average Bonchev–Trinajstić information content (AvgIpc) is 2.01. The molecule has 0 aliphatic carbocycles. The van der Waals surface area contributed by atoms with Gasteiger partial charge >= 0.3 is 0 Å². The fraction of sp³-hybridized carbons (Fsp3) is 0.400. The lowest BCUT2D eigenvalue weighted by Crippen LogP contribution is -2.46. The van der Waals surface area contributed by atoms with E-state index in [1.165, 1.54) is 0 Å². The molecular weight excluding hydrogens is 186 g/mol. The van der Waals surface area contributed by atoms with E-state index in [0.717, 1.165) is 18.5 Å². The Kier molecular flexibility index (Phi) is 2.54. The smallest absolute Gasteiger partial charge is 0.0957 e. The van der Waals surface area contributed by atoms with Crippen LogP contribution in [0.25, 0.3) is 0 Å². The van der Waals surface area contributed by atoms with E-state index in [-0.39, 0.29) is 6.04 Å². The van der Waals surface area contributed by atoms with Crippen molar-refractivity contribution in [1.29, 1.82) is 0 Å². The Balaban J connectivity index is 2.18. The lowest BCUT2D eigenvalue weighted by molar-refractivity contribution is 0.0957. The van der Waals surface area contributed by atoms with Crippen LogP contribution in [0, 0.1) is 0 Å². The van der Waals surface area contributed by atoms with Gasteiger partial charge in [-0.2, -0.15) is 0 Å². The molecule has 0 bridgehead atoms. The highest BCUT2D eigenvalue weighted by Crippen LogP contribution is 2.28. The van der Waals surface area contributed by atoms with Gasteiger partial charge in [-0.1, -0.05) is 29.8 Å². The maximum absolute atomic E-state index is 9.87. The van der Waals surface area contributed by atoms with Crippen molar-refractivity contribution in [3.8, 4) is 0 Å². The van der Waals surface area contributed by atoms with Gasteiger partial charge in [0, 0.05) is 16.6 Å². The molecule has 1 saturated heterocycles. The molecule has 1 aromatic carbocycles. The van der Waals surface area contributed by atoms with Crippen LogP contribution in [0.1, 0.15) is 18.1 Å². The van der Waals surface area contributed by atoms with Crippen LogP contribution in [0.15, 0.2) is 24.3 Å². The minimum Gasteiger partial charge on any atom is -0.387 e. The Hall–Kier alpha value is -0.570. The van der Waals surface area contributed by atoms with E-state index in [1.54, 1.807) is 6.07 Å². The summed E-state index contributed by atoms with van der Waals surface area (Å²) in [6.07, 6.45) is 0.550. The molecule has 2 rings (SSSR count). The number of nitrogens with one attached hydrogen (secondary N) is 1. The highest BCUT2D eigenvalue weighted by molar-refractivity contribution is 6.31. The van der Waals surface area contributed by atoms with Gasteiger partial charge in [0.25, 0.3) is 0 Å². The average molecular weight is 198 g/mol. The lowest BCUT2D eigenvalue weighted by atomic mass is 9.95. The molecule has 0 spiro atoms. The van der Waals surface area contributed by atoms with Crippen molar-refractivity contribution < 1.29 is 5.11 Å². The largest absolute Gasteiger partial charge is 0.387 e. The SMILES string of the molecule is OC(c1ccccc1Cl)C1CCN1. The van der Waals surface area contributed by atoms with Gasteiger partial charge in [0.1, 0.15) is 0 Å². The normalized spacial score (nSPS) is 23.7. The van der Waals surface area contributed by atoms with E-state index >= 15 is 0 Å². The summed E-state index contributed by atoms with van der Waals surface area (Å²) in [6.45, 7) is 0.992. The first-order chi connectivity index (χ1) is 6.29. The Labute approximate surface area is 82.5 Å². The molecule has 0 aromatic heterocycles. The second kappa shape index (κ2) is 3.66. The summed E-state index contributed by atoms with van der Waals surface area (Å²) in [4.78, 5) is 0. The predicted octanol–water partition coefficient (Wildman–Crippen LogP) is 1.74. The van der Waals surface area contributed by atoms with Crippen LogP contribution in [0.3, 0.4) is 0 Å². The summed E-state index contributed by atoms with van der Waals surface area (Å²) in [5.74, 6) is 0. The standard InChI is InChI=1S/C10H12ClNO/c11-8-4-2-1-3-7(8)10(13)9-5-6-12-9/h1-4,9-10,12-13H,5-6H2. The maximum atomic E-state index is 9.87. The molecule has 1 aliphatic heterocycles. The van der Waals surface area contributed by atoms with Gasteiger partial charge in [0.05, 0.1) is 6.10 Å². The van der Waals surface area contributed by atoms with Crippen LogP contribution < -0.4 is 5.32 Å². The first-order valence-corrected chi connectivity index (χ1v) is 4.82. The van der Waals surface area contributed by atoms with Gasteiger partial charge in [-0.25, -0.2) is 0 Å². The van der Waals surface area contributed by atoms with Gasteiger partial charge in [0.15, 0.2) is 0 Å². The number of aliphatic hydroxyl groups excluding tert-OH is 1. The van der Waals surface area contributed by atoms with Gasteiger partial charge in [-0.3, -0.25) is 0 Å². The van der Waals surface area contributed by atoms with Gasteiger partial charge in [-0.05, 0) is 19.0 Å². The molecule has 2 nitrogen and oxygen atoms in total. The van der Waals surface area contributed by atoms with Crippen molar-refractivity contribution in [2.24, 2.45) is 0 Å². The van der Waals surface area contributed by atoms with Gasteiger partial charge < -0.3 is 10.4 Å². The lowest BCUT2D eigenvalue weighted by Gasteiger charge is -2.32. The maximum Gasteiger partial charge on any atom is 0.0957 e. The number of rotatable bonds is 2. The molecule has 2 unspecified atom stereocenters. The monoisotopic (exact) mass is 197 g/mol. The summed E-state index contributed by atoms with van der Waals surface area (Å²) in [5, 5.41) is 13.7. The minimum atomic E-state index is -0.470. The Morgan fingerprint density at radius 1 is 1.46 bits per heavy atom. The van der Waals surface area contributed by atoms with E-state index in [4.69, 9.17) is 11.6 Å². The first-order valence-electron chi connectivity index (χ1n) is 4.45. The van der Waals surface area contributed by atoms with Crippen molar-refractivity contribution in [2.75, 3.05) is 6.54 Å². The van der Waals surface area contributed by atoms with Crippen molar-refractivity contribution in [1.82, 2.24) is 5.32 Å². The van der Waals surface area contributed by atoms with Crippen molar-refractivity contribution in [3.05, 3.63) is 34.9 Å². The van der Waals surface area contributed by atoms with Crippen LogP contribution in [0.2, 0.25) is 5.02 Å². The number of hydrogen-bond donors (Lipinski definition) is 2. The zero-order valence-corrected chi connectivity index (χ0v) is 7.96.